The second kappa shape index (κ2) is 30.3. The molecule has 0 aliphatic rings. The fourth-order valence-corrected chi connectivity index (χ4v) is 0. The summed E-state index contributed by atoms with van der Waals surface area (Å²) in [7, 11) is 0. The molecule has 0 heterocycles. The third-order valence-corrected chi connectivity index (χ3v) is 0. The van der Waals surface area contributed by atoms with Crippen LogP contribution in [-0.4, -0.2) is 22.5 Å². The molecule has 2 radical (unpaired) electrons. The van der Waals surface area contributed by atoms with Gasteiger partial charge in [0.2, 0.25) is 0 Å². The van der Waals surface area contributed by atoms with Crippen molar-refractivity contribution in [1.82, 2.24) is 6.15 Å². The Hall–Kier alpha value is 1.18. The van der Waals surface area contributed by atoms with Crippen LogP contribution in [0.3, 0.4) is 0 Å². The maximum absolute atomic E-state index is 8.34. The fourth-order valence-electron chi connectivity index (χ4n) is 0. The van der Waals surface area contributed by atoms with E-state index >= 15 is 0 Å². The van der Waals surface area contributed by atoms with Crippen LogP contribution < -0.4 is 6.15 Å². The maximum atomic E-state index is 8.34. The molecule has 4 heavy (non-hydrogen) atoms. The van der Waals surface area contributed by atoms with Crippen molar-refractivity contribution in [3.05, 3.63) is 0 Å². The van der Waals surface area contributed by atoms with Crippen molar-refractivity contribution >= 4 is 22.5 Å². The van der Waals surface area contributed by atoms with E-state index in [1.807, 2.05) is 0 Å². The Morgan fingerprint density at radius 2 is 1.25 bits per heavy atom. The summed E-state index contributed by atoms with van der Waals surface area (Å²) in [5, 5.41) is 0. The molecule has 0 saturated heterocycles. The summed E-state index contributed by atoms with van der Waals surface area (Å²) >= 11 is 0.300. The molecular weight excluding hydrogens is 214 g/mol. The van der Waals surface area contributed by atoms with E-state index in [4.69, 9.17) is 3.08 Å². The van der Waals surface area contributed by atoms with Crippen LogP contribution in [0.15, 0.2) is 0 Å². The van der Waals surface area contributed by atoms with E-state index in [1.165, 1.54) is 0 Å². The zero-order valence-corrected chi connectivity index (χ0v) is 8.14. The predicted molar refractivity (Wildman–Crippen MR) is 11.5 cm³/mol. The van der Waals surface area contributed by atoms with E-state index in [2.05, 4.69) is 0 Å². The first-order valence-corrected chi connectivity index (χ1v) is 1.37. The third kappa shape index (κ3) is 10.8. The summed E-state index contributed by atoms with van der Waals surface area (Å²) in [6.07, 6.45) is 0. The number of hydrogen-bond donors (Lipinski definition) is 1. The summed E-state index contributed by atoms with van der Waals surface area (Å²) in [5.74, 6) is 0. The second-order valence-corrected chi connectivity index (χ2v) is 0. The first-order chi connectivity index (χ1) is 1.00. The van der Waals surface area contributed by atoms with Gasteiger partial charge in [0.05, 0.1) is 0 Å². The molecule has 0 fully saturated rings. The van der Waals surface area contributed by atoms with E-state index in [-0.39, 0.29) is 25.6 Å². The van der Waals surface area contributed by atoms with Crippen LogP contribution in [0.1, 0.15) is 0 Å². The van der Waals surface area contributed by atoms with Crippen LogP contribution in [-0.2, 0) is 22.6 Å². The van der Waals surface area contributed by atoms with E-state index in [1.54, 1.807) is 0 Å². The smallest absolute Gasteiger partial charge is 0 e. The largest absolute Gasteiger partial charge is 0 e. The number of hydrogen-bond acceptors (Lipinski definition) is 2. The van der Waals surface area contributed by atoms with E-state index in [9.17, 15) is 0 Å². The molecule has 0 aromatic carbocycles. The van der Waals surface area contributed by atoms with Gasteiger partial charge < -0.3 is 6.15 Å². The van der Waals surface area contributed by atoms with Gasteiger partial charge in [0.15, 0.2) is 0 Å². The summed E-state index contributed by atoms with van der Waals surface area (Å²) < 4.78 is 8.34. The molecule has 0 atom stereocenters. The zero-order valence-electron chi connectivity index (χ0n) is 2.32. The standard InChI is InChI=1S/H3N.O.Sn.Zn/h1H3;;;. The average molecular weight is 217 g/mol. The van der Waals surface area contributed by atoms with Gasteiger partial charge in [0.25, 0.3) is 0 Å². The topological polar surface area (TPSA) is 52.1 Å². The summed E-state index contributed by atoms with van der Waals surface area (Å²) in [6, 6.07) is 0. The van der Waals surface area contributed by atoms with Crippen LogP contribution in [0.2, 0.25) is 0 Å². The SMILES string of the molecule is N.[O]=[Sn].[Zn]. The van der Waals surface area contributed by atoms with Crippen molar-refractivity contribution in [1.29, 1.82) is 0 Å². The normalized spacial score (nSPS) is 1.00. The van der Waals surface area contributed by atoms with Crippen molar-refractivity contribution < 1.29 is 22.6 Å². The quantitative estimate of drug-likeness (QED) is 0.564. The van der Waals surface area contributed by atoms with Gasteiger partial charge >= 0.3 is 25.6 Å². The van der Waals surface area contributed by atoms with Gasteiger partial charge in [-0.25, -0.2) is 0 Å². The molecule has 0 amide bonds. The van der Waals surface area contributed by atoms with E-state index in [0.717, 1.165) is 0 Å². The average Bonchev–Trinajstić information content (AvgIpc) is 1.00. The van der Waals surface area contributed by atoms with Crippen molar-refractivity contribution in [2.75, 3.05) is 0 Å². The number of rotatable bonds is 0. The summed E-state index contributed by atoms with van der Waals surface area (Å²) in [6.45, 7) is 0. The van der Waals surface area contributed by atoms with E-state index < -0.39 is 0 Å². The Labute approximate surface area is 51.2 Å². The van der Waals surface area contributed by atoms with Gasteiger partial charge in [0.1, 0.15) is 0 Å². The van der Waals surface area contributed by atoms with Crippen LogP contribution in [0.4, 0.5) is 0 Å². The van der Waals surface area contributed by atoms with Gasteiger partial charge in [-0.15, -0.1) is 0 Å². The van der Waals surface area contributed by atoms with Crippen LogP contribution in [0, 0.1) is 0 Å². The van der Waals surface area contributed by atoms with Crippen LogP contribution in [0.5, 0.6) is 0 Å². The molecule has 0 aromatic rings. The van der Waals surface area contributed by atoms with Gasteiger partial charge in [-0.2, -0.15) is 0 Å². The van der Waals surface area contributed by atoms with Crippen molar-refractivity contribution in [2.24, 2.45) is 0 Å². The Morgan fingerprint density at radius 1 is 1.25 bits per heavy atom. The Kier molecular flexibility index (Phi) is 144. The molecule has 4 heteroatoms. The fraction of sp³-hybridized carbons (Fsp3) is 0. The zero-order chi connectivity index (χ0) is 2.00. The molecule has 0 rings (SSSR count). The molecule has 2 nitrogen and oxygen atoms in total. The molecule has 0 bridgehead atoms. The Balaban J connectivity index is -0.00000000500. The third-order valence-electron chi connectivity index (χ3n) is 0. The molecule has 3 N–H and O–H groups in total. The molecule has 0 spiro atoms. The first-order valence-electron chi connectivity index (χ1n) is 0.204. The second-order valence-electron chi connectivity index (χ2n) is 0. The molecule has 0 unspecified atom stereocenters. The van der Waals surface area contributed by atoms with Gasteiger partial charge in [-0.3, -0.25) is 0 Å². The van der Waals surface area contributed by atoms with Crippen molar-refractivity contribution in [2.45, 2.75) is 0 Å². The van der Waals surface area contributed by atoms with E-state index in [0.29, 0.717) is 22.5 Å². The minimum absolute atomic E-state index is 0. The maximum Gasteiger partial charge on any atom is 0 e. The molecule has 20 valence electrons. The van der Waals surface area contributed by atoms with Crippen molar-refractivity contribution in [3.8, 4) is 0 Å². The molecular formula is H3NOSnZn. The Bertz CT molecular complexity index is 8.00. The minimum atomic E-state index is 0. The van der Waals surface area contributed by atoms with Gasteiger partial charge in [-0.1, -0.05) is 0 Å². The molecule has 0 aromatic heterocycles. The van der Waals surface area contributed by atoms with Crippen LogP contribution in [0.25, 0.3) is 0 Å². The minimum Gasteiger partial charge on any atom is 0 e. The summed E-state index contributed by atoms with van der Waals surface area (Å²) in [4.78, 5) is 0. The molecule has 0 aliphatic carbocycles. The monoisotopic (exact) mass is 217 g/mol. The molecule has 0 saturated carbocycles. The van der Waals surface area contributed by atoms with Crippen LogP contribution >= 0.6 is 0 Å². The van der Waals surface area contributed by atoms with Gasteiger partial charge in [0, 0.05) is 19.5 Å². The summed E-state index contributed by atoms with van der Waals surface area (Å²) in [5.41, 5.74) is 0. The Morgan fingerprint density at radius 3 is 1.25 bits per heavy atom. The molecule has 0 aliphatic heterocycles. The predicted octanol–water partition coefficient (Wildman–Crippen LogP) is -0.340. The first kappa shape index (κ1) is 19.0. The van der Waals surface area contributed by atoms with Crippen molar-refractivity contribution in [3.63, 3.8) is 0 Å². The van der Waals surface area contributed by atoms with Gasteiger partial charge in [-0.05, 0) is 0 Å².